The molecule has 0 bridgehead atoms. The van der Waals surface area contributed by atoms with E-state index in [1.165, 1.54) is 33.1 Å². The van der Waals surface area contributed by atoms with Crippen molar-refractivity contribution < 1.29 is 0 Å². The Balaban J connectivity index is 2.13. The fourth-order valence-corrected chi connectivity index (χ4v) is 4.34. The van der Waals surface area contributed by atoms with Crippen LogP contribution in [0, 0.1) is 0 Å². The second-order valence-corrected chi connectivity index (χ2v) is 7.61. The van der Waals surface area contributed by atoms with E-state index < -0.39 is 0 Å². The monoisotopic (exact) mass is 362 g/mol. The standard InChI is InChI=1S/C20H15BrN2/c1-20(2)15-9-8-12(21)11-17(15)23-18-13(5-3-7-16(18)20)14-6-4-10-22-19(14)23/h3-11H,1-2H3. The van der Waals surface area contributed by atoms with E-state index in [0.717, 1.165) is 10.1 Å². The van der Waals surface area contributed by atoms with Crippen LogP contribution in [0.5, 0.6) is 0 Å². The SMILES string of the molecule is CC1(C)c2ccc(Br)cc2-n2c3ncccc3c3cccc1c32. The van der Waals surface area contributed by atoms with Gasteiger partial charge in [0.15, 0.2) is 0 Å². The fourth-order valence-electron chi connectivity index (χ4n) is 4.00. The summed E-state index contributed by atoms with van der Waals surface area (Å²) in [5.41, 5.74) is 6.22. The second-order valence-electron chi connectivity index (χ2n) is 6.70. The fraction of sp³-hybridized carbons (Fsp3) is 0.150. The molecule has 2 aromatic heterocycles. The van der Waals surface area contributed by atoms with Crippen LogP contribution in [-0.2, 0) is 5.41 Å². The van der Waals surface area contributed by atoms with Crippen molar-refractivity contribution in [1.82, 2.24) is 9.55 Å². The van der Waals surface area contributed by atoms with Gasteiger partial charge in [0.2, 0.25) is 0 Å². The van der Waals surface area contributed by atoms with Gasteiger partial charge in [-0.25, -0.2) is 4.98 Å². The molecule has 0 N–H and O–H groups in total. The van der Waals surface area contributed by atoms with Gasteiger partial charge in [-0.15, -0.1) is 0 Å². The molecule has 3 heteroatoms. The minimum Gasteiger partial charge on any atom is -0.293 e. The number of para-hydroxylation sites is 1. The molecule has 5 rings (SSSR count). The van der Waals surface area contributed by atoms with Crippen molar-refractivity contribution in [3.8, 4) is 5.69 Å². The summed E-state index contributed by atoms with van der Waals surface area (Å²) in [7, 11) is 0. The molecule has 0 amide bonds. The van der Waals surface area contributed by atoms with Crippen molar-refractivity contribution in [3.63, 3.8) is 0 Å². The van der Waals surface area contributed by atoms with Gasteiger partial charge in [0.1, 0.15) is 5.65 Å². The third kappa shape index (κ3) is 1.56. The summed E-state index contributed by atoms with van der Waals surface area (Å²) in [5, 5.41) is 2.50. The Labute approximate surface area is 142 Å². The van der Waals surface area contributed by atoms with Crippen LogP contribution in [0.4, 0.5) is 0 Å². The molecule has 2 nitrogen and oxygen atoms in total. The van der Waals surface area contributed by atoms with Crippen LogP contribution in [-0.4, -0.2) is 9.55 Å². The summed E-state index contributed by atoms with van der Waals surface area (Å²) in [6.07, 6.45) is 1.88. The van der Waals surface area contributed by atoms with E-state index >= 15 is 0 Å². The number of nitrogens with zero attached hydrogens (tertiary/aromatic N) is 2. The molecular formula is C20H15BrN2. The molecule has 0 spiro atoms. The van der Waals surface area contributed by atoms with Gasteiger partial charge in [-0.05, 0) is 35.4 Å². The third-order valence-corrected chi connectivity index (χ3v) is 5.59. The first-order valence-electron chi connectivity index (χ1n) is 7.78. The highest BCUT2D eigenvalue weighted by Crippen LogP contribution is 2.47. The highest BCUT2D eigenvalue weighted by molar-refractivity contribution is 9.10. The number of rotatable bonds is 0. The maximum absolute atomic E-state index is 4.69. The Morgan fingerprint density at radius 3 is 2.65 bits per heavy atom. The molecular weight excluding hydrogens is 348 g/mol. The summed E-state index contributed by atoms with van der Waals surface area (Å²) in [5.74, 6) is 0. The average Bonchev–Trinajstić information content (AvgIpc) is 2.88. The first-order valence-corrected chi connectivity index (χ1v) is 8.57. The predicted molar refractivity (Wildman–Crippen MR) is 98.4 cm³/mol. The van der Waals surface area contributed by atoms with E-state index in [0.29, 0.717) is 0 Å². The number of benzene rings is 2. The summed E-state index contributed by atoms with van der Waals surface area (Å²) in [6, 6.07) is 17.4. The molecule has 1 aliphatic heterocycles. The van der Waals surface area contributed by atoms with Gasteiger partial charge in [0.05, 0.1) is 11.2 Å². The summed E-state index contributed by atoms with van der Waals surface area (Å²) in [4.78, 5) is 4.69. The molecule has 2 aromatic carbocycles. The van der Waals surface area contributed by atoms with Crippen LogP contribution >= 0.6 is 15.9 Å². The third-order valence-electron chi connectivity index (χ3n) is 5.10. The quantitative estimate of drug-likeness (QED) is 0.399. The van der Waals surface area contributed by atoms with Gasteiger partial charge in [-0.1, -0.05) is 54.0 Å². The zero-order valence-corrected chi connectivity index (χ0v) is 14.6. The number of aromatic nitrogens is 2. The Hall–Kier alpha value is -2.13. The van der Waals surface area contributed by atoms with E-state index in [1.54, 1.807) is 0 Å². The van der Waals surface area contributed by atoms with Gasteiger partial charge in [-0.3, -0.25) is 4.57 Å². The lowest BCUT2D eigenvalue weighted by molar-refractivity contribution is 0.629. The average molecular weight is 363 g/mol. The topological polar surface area (TPSA) is 17.8 Å². The van der Waals surface area contributed by atoms with Crippen molar-refractivity contribution >= 4 is 37.9 Å². The van der Waals surface area contributed by atoms with E-state index in [1.807, 2.05) is 12.3 Å². The molecule has 23 heavy (non-hydrogen) atoms. The van der Waals surface area contributed by atoms with Crippen LogP contribution in [0.3, 0.4) is 0 Å². The molecule has 0 unspecified atom stereocenters. The van der Waals surface area contributed by atoms with Crippen molar-refractivity contribution in [2.24, 2.45) is 0 Å². The van der Waals surface area contributed by atoms with Crippen LogP contribution < -0.4 is 0 Å². The van der Waals surface area contributed by atoms with Crippen LogP contribution in [0.15, 0.2) is 59.2 Å². The molecule has 0 fully saturated rings. The first-order chi connectivity index (χ1) is 11.1. The lowest BCUT2D eigenvalue weighted by Crippen LogP contribution is -2.26. The zero-order valence-electron chi connectivity index (χ0n) is 13.0. The molecule has 0 aliphatic carbocycles. The van der Waals surface area contributed by atoms with Gasteiger partial charge in [-0.2, -0.15) is 0 Å². The summed E-state index contributed by atoms with van der Waals surface area (Å²) in [6.45, 7) is 4.62. The second kappa shape index (κ2) is 4.24. The lowest BCUT2D eigenvalue weighted by atomic mass is 9.75. The van der Waals surface area contributed by atoms with Crippen molar-refractivity contribution in [2.75, 3.05) is 0 Å². The molecule has 0 saturated carbocycles. The van der Waals surface area contributed by atoms with Crippen molar-refractivity contribution in [3.05, 3.63) is 70.3 Å². The normalized spacial score (nSPS) is 15.1. The maximum atomic E-state index is 4.69. The van der Waals surface area contributed by atoms with Crippen molar-refractivity contribution in [1.29, 1.82) is 0 Å². The lowest BCUT2D eigenvalue weighted by Gasteiger charge is -2.34. The van der Waals surface area contributed by atoms with Gasteiger partial charge in [0, 0.05) is 26.9 Å². The number of halogens is 1. The van der Waals surface area contributed by atoms with E-state index in [9.17, 15) is 0 Å². The highest BCUT2D eigenvalue weighted by Gasteiger charge is 2.35. The molecule has 112 valence electrons. The Morgan fingerprint density at radius 2 is 1.78 bits per heavy atom. The van der Waals surface area contributed by atoms with Gasteiger partial charge in [0.25, 0.3) is 0 Å². The van der Waals surface area contributed by atoms with E-state index in [-0.39, 0.29) is 5.41 Å². The highest BCUT2D eigenvalue weighted by atomic mass is 79.9. The van der Waals surface area contributed by atoms with Crippen LogP contribution in [0.2, 0.25) is 0 Å². The molecule has 4 aromatic rings. The number of pyridine rings is 1. The van der Waals surface area contributed by atoms with Crippen LogP contribution in [0.1, 0.15) is 25.0 Å². The molecule has 0 radical (unpaired) electrons. The maximum Gasteiger partial charge on any atom is 0.145 e. The number of hydrogen-bond donors (Lipinski definition) is 0. The van der Waals surface area contributed by atoms with E-state index in [2.05, 4.69) is 81.8 Å². The van der Waals surface area contributed by atoms with Crippen LogP contribution in [0.25, 0.3) is 27.6 Å². The minimum atomic E-state index is -0.0279. The molecule has 0 atom stereocenters. The molecule has 3 heterocycles. The van der Waals surface area contributed by atoms with E-state index in [4.69, 9.17) is 0 Å². The smallest absolute Gasteiger partial charge is 0.145 e. The van der Waals surface area contributed by atoms with Gasteiger partial charge < -0.3 is 0 Å². The minimum absolute atomic E-state index is 0.0279. The summed E-state index contributed by atoms with van der Waals surface area (Å²) >= 11 is 3.63. The first kappa shape index (κ1) is 13.3. The Bertz CT molecular complexity index is 1110. The van der Waals surface area contributed by atoms with Gasteiger partial charge >= 0.3 is 0 Å². The zero-order chi connectivity index (χ0) is 15.8. The number of fused-ring (bicyclic) bond motifs is 5. The Kier molecular flexibility index (Phi) is 2.45. The largest absolute Gasteiger partial charge is 0.293 e. The van der Waals surface area contributed by atoms with Crippen molar-refractivity contribution in [2.45, 2.75) is 19.3 Å². The molecule has 0 saturated heterocycles. The number of hydrogen-bond acceptors (Lipinski definition) is 1. The molecule has 1 aliphatic rings. The predicted octanol–water partition coefficient (Wildman–Crippen LogP) is 5.58. The Morgan fingerprint density at radius 1 is 0.957 bits per heavy atom. The summed E-state index contributed by atoms with van der Waals surface area (Å²) < 4.78 is 3.42.